The number of benzene rings is 5. The molecule has 1 aliphatic carbocycles. The van der Waals surface area contributed by atoms with Crippen LogP contribution in [0, 0.1) is 0 Å². The van der Waals surface area contributed by atoms with Crippen LogP contribution in [0.1, 0.15) is 43.4 Å². The molecule has 0 radical (unpaired) electrons. The lowest BCUT2D eigenvalue weighted by Crippen LogP contribution is -2.15. The second-order valence-electron chi connectivity index (χ2n) is 10.8. The molecule has 188 valence electrons. The summed E-state index contributed by atoms with van der Waals surface area (Å²) >= 11 is 0. The Morgan fingerprint density at radius 3 is 2.11 bits per heavy atom. The lowest BCUT2D eigenvalue weighted by molar-refractivity contribution is -0.137. The van der Waals surface area contributed by atoms with Gasteiger partial charge in [0, 0.05) is 11.5 Å². The van der Waals surface area contributed by atoms with Crippen molar-refractivity contribution in [2.24, 2.45) is 0 Å². The molecule has 0 atom stereocenters. The summed E-state index contributed by atoms with van der Waals surface area (Å²) in [7, 11) is 0. The molecule has 0 heterocycles. The third-order valence-corrected chi connectivity index (χ3v) is 8.07. The van der Waals surface area contributed by atoms with Gasteiger partial charge in [0.1, 0.15) is 0 Å². The summed E-state index contributed by atoms with van der Waals surface area (Å²) in [5.41, 5.74) is 9.27. The maximum atomic E-state index is 11.3. The van der Waals surface area contributed by atoms with Crippen LogP contribution in [0.4, 0.5) is 0 Å². The quantitative estimate of drug-likeness (QED) is 0.0972. The fourth-order valence-electron chi connectivity index (χ4n) is 6.08. The van der Waals surface area contributed by atoms with Crippen molar-refractivity contribution in [3.8, 4) is 22.3 Å². The average Bonchev–Trinajstić information content (AvgIpc) is 3.16. The first kappa shape index (κ1) is 24.2. The first-order chi connectivity index (χ1) is 18.5. The van der Waals surface area contributed by atoms with Crippen molar-refractivity contribution in [2.75, 3.05) is 6.61 Å². The molecule has 0 N–H and O–H groups in total. The monoisotopic (exact) mass is 496 g/mol. The largest absolute Gasteiger partial charge is 0.463 e. The van der Waals surface area contributed by atoms with Crippen LogP contribution in [0.25, 0.3) is 43.8 Å². The van der Waals surface area contributed by atoms with Gasteiger partial charge in [-0.1, -0.05) is 99.3 Å². The maximum absolute atomic E-state index is 11.3. The Morgan fingerprint density at radius 2 is 1.42 bits per heavy atom. The summed E-state index contributed by atoms with van der Waals surface area (Å²) in [6, 6.07) is 33.7. The molecule has 0 saturated heterocycles. The number of aryl methyl sites for hydroxylation is 1. The lowest BCUT2D eigenvalue weighted by atomic mass is 9.80. The highest BCUT2D eigenvalue weighted by Gasteiger charge is 2.35. The van der Waals surface area contributed by atoms with Gasteiger partial charge in [0.15, 0.2) is 0 Å². The standard InChI is InChI=1S/C36H32O2/c1-4-34(37)38-20-10-9-11-24-16-18-30-31-19-17-27(23-33(31)36(2,3)32(30)21-24)35-28-14-7-5-12-25(28)22-26-13-6-8-15-29(26)35/h4-8,12-19,21-23H,1,9-11,20H2,2-3H3. The molecule has 0 bridgehead atoms. The Bertz CT molecular complexity index is 1650. The number of carbonyl (C=O) groups excluding carboxylic acids is 1. The molecule has 5 aromatic carbocycles. The maximum Gasteiger partial charge on any atom is 0.330 e. The molecule has 0 aliphatic heterocycles. The van der Waals surface area contributed by atoms with Gasteiger partial charge in [-0.25, -0.2) is 4.79 Å². The van der Waals surface area contributed by atoms with Crippen LogP contribution in [0.5, 0.6) is 0 Å². The van der Waals surface area contributed by atoms with Crippen molar-refractivity contribution in [1.82, 2.24) is 0 Å². The van der Waals surface area contributed by atoms with Gasteiger partial charge in [-0.3, -0.25) is 0 Å². The number of ether oxygens (including phenoxy) is 1. The number of rotatable bonds is 7. The predicted octanol–water partition coefficient (Wildman–Crippen LogP) is 9.02. The highest BCUT2D eigenvalue weighted by molar-refractivity contribution is 6.12. The minimum Gasteiger partial charge on any atom is -0.463 e. The zero-order valence-corrected chi connectivity index (χ0v) is 22.1. The summed E-state index contributed by atoms with van der Waals surface area (Å²) in [6.45, 7) is 8.59. The number of hydrogen-bond acceptors (Lipinski definition) is 2. The van der Waals surface area contributed by atoms with Crippen molar-refractivity contribution in [2.45, 2.75) is 38.5 Å². The Kier molecular flexibility index (Phi) is 6.12. The van der Waals surface area contributed by atoms with Crippen molar-refractivity contribution < 1.29 is 9.53 Å². The van der Waals surface area contributed by atoms with E-state index in [1.807, 2.05) is 0 Å². The van der Waals surface area contributed by atoms with E-state index in [2.05, 4.69) is 111 Å². The van der Waals surface area contributed by atoms with E-state index in [1.54, 1.807) is 0 Å². The first-order valence-electron chi connectivity index (χ1n) is 13.5. The number of carbonyl (C=O) groups is 1. The highest BCUT2D eigenvalue weighted by atomic mass is 16.5. The zero-order valence-electron chi connectivity index (χ0n) is 22.1. The van der Waals surface area contributed by atoms with Crippen LogP contribution in [-0.4, -0.2) is 12.6 Å². The zero-order chi connectivity index (χ0) is 26.3. The van der Waals surface area contributed by atoms with Gasteiger partial charge in [0.2, 0.25) is 0 Å². The predicted molar refractivity (Wildman–Crippen MR) is 159 cm³/mol. The molecule has 5 aromatic rings. The molecule has 2 heteroatoms. The molecule has 38 heavy (non-hydrogen) atoms. The van der Waals surface area contributed by atoms with Crippen LogP contribution < -0.4 is 0 Å². The Balaban J connectivity index is 1.35. The summed E-state index contributed by atoms with van der Waals surface area (Å²) in [6.07, 6.45) is 4.02. The van der Waals surface area contributed by atoms with Gasteiger partial charge >= 0.3 is 5.97 Å². The number of fused-ring (bicyclic) bond motifs is 5. The second kappa shape index (κ2) is 9.61. The molecule has 0 saturated carbocycles. The summed E-state index contributed by atoms with van der Waals surface area (Å²) in [4.78, 5) is 11.3. The smallest absolute Gasteiger partial charge is 0.330 e. The van der Waals surface area contributed by atoms with Gasteiger partial charge < -0.3 is 4.74 Å². The fourth-order valence-corrected chi connectivity index (χ4v) is 6.08. The molecule has 0 fully saturated rings. The Morgan fingerprint density at radius 1 is 0.789 bits per heavy atom. The lowest BCUT2D eigenvalue weighted by Gasteiger charge is -2.23. The second-order valence-corrected chi connectivity index (χ2v) is 10.8. The van der Waals surface area contributed by atoms with E-state index in [4.69, 9.17) is 4.74 Å². The van der Waals surface area contributed by atoms with Crippen LogP contribution in [-0.2, 0) is 21.4 Å². The van der Waals surface area contributed by atoms with E-state index >= 15 is 0 Å². The van der Waals surface area contributed by atoms with Crippen LogP contribution in [0.15, 0.2) is 104 Å². The van der Waals surface area contributed by atoms with Crippen molar-refractivity contribution in [3.63, 3.8) is 0 Å². The molecule has 0 amide bonds. The van der Waals surface area contributed by atoms with E-state index in [-0.39, 0.29) is 11.4 Å². The molecule has 0 aromatic heterocycles. The molecule has 0 spiro atoms. The number of esters is 1. The minimum atomic E-state index is -0.349. The summed E-state index contributed by atoms with van der Waals surface area (Å²) in [5, 5.41) is 5.13. The van der Waals surface area contributed by atoms with Crippen molar-refractivity contribution in [3.05, 3.63) is 120 Å². The van der Waals surface area contributed by atoms with Gasteiger partial charge in [0.25, 0.3) is 0 Å². The van der Waals surface area contributed by atoms with E-state index in [0.29, 0.717) is 6.61 Å². The Hall–Kier alpha value is -4.17. The highest BCUT2D eigenvalue weighted by Crippen LogP contribution is 2.50. The summed E-state index contributed by atoms with van der Waals surface area (Å²) in [5.74, 6) is -0.349. The average molecular weight is 497 g/mol. The van der Waals surface area contributed by atoms with Crippen LogP contribution in [0.2, 0.25) is 0 Å². The third kappa shape index (κ3) is 4.11. The van der Waals surface area contributed by atoms with E-state index in [0.717, 1.165) is 19.3 Å². The Labute approximate surface area is 224 Å². The number of unbranched alkanes of at least 4 members (excludes halogenated alkanes) is 1. The van der Waals surface area contributed by atoms with Crippen LogP contribution in [0.3, 0.4) is 0 Å². The molecule has 1 aliphatic rings. The summed E-state index contributed by atoms with van der Waals surface area (Å²) < 4.78 is 5.12. The van der Waals surface area contributed by atoms with Gasteiger partial charge in [-0.05, 0) is 91.9 Å². The molecule has 2 nitrogen and oxygen atoms in total. The van der Waals surface area contributed by atoms with E-state index in [1.165, 1.54) is 66.6 Å². The molecular weight excluding hydrogens is 464 g/mol. The SMILES string of the molecule is C=CC(=O)OCCCCc1ccc2c(c1)C(C)(C)c1cc(-c3c4ccccc4cc4ccccc34)ccc1-2. The van der Waals surface area contributed by atoms with Crippen molar-refractivity contribution >= 4 is 27.5 Å². The first-order valence-corrected chi connectivity index (χ1v) is 13.5. The fraction of sp³-hybridized carbons (Fsp3) is 0.194. The molecular formula is C36H32O2. The topological polar surface area (TPSA) is 26.3 Å². The van der Waals surface area contributed by atoms with Gasteiger partial charge in [-0.15, -0.1) is 0 Å². The minimum absolute atomic E-state index is 0.0867. The molecule has 6 rings (SSSR count). The normalized spacial score (nSPS) is 13.3. The van der Waals surface area contributed by atoms with Crippen LogP contribution >= 0.6 is 0 Å². The molecule has 0 unspecified atom stereocenters. The van der Waals surface area contributed by atoms with Gasteiger partial charge in [0.05, 0.1) is 6.61 Å². The number of hydrogen-bond donors (Lipinski definition) is 0. The third-order valence-electron chi connectivity index (χ3n) is 8.07. The van der Waals surface area contributed by atoms with Crippen molar-refractivity contribution in [1.29, 1.82) is 0 Å². The van der Waals surface area contributed by atoms with E-state index < -0.39 is 0 Å². The van der Waals surface area contributed by atoms with E-state index in [9.17, 15) is 4.79 Å². The van der Waals surface area contributed by atoms with Gasteiger partial charge in [-0.2, -0.15) is 0 Å².